The Labute approximate surface area is 232 Å². The van der Waals surface area contributed by atoms with Crippen molar-refractivity contribution in [3.63, 3.8) is 0 Å². The standard InChI is InChI=1S/C30H37FN2O4.C2H6/c1-19-14-20-8-6-11-30(2,3)24(20)16-21(19)15-23-9-10-25(37-23)29(34)33-28-26(35-4)17-22(18-27(28)36-5)32-13-7-12-31;1-2/h9-10,14,16-18,32H,6-8,11-13,15H2,1-5H3,(H,33,34);1-2H3. The number of nitrogens with one attached hydrogen (secondary N) is 2. The Balaban J connectivity index is 0.00000205. The smallest absolute Gasteiger partial charge is 0.291 e. The van der Waals surface area contributed by atoms with Gasteiger partial charge in [0.2, 0.25) is 0 Å². The molecule has 212 valence electrons. The van der Waals surface area contributed by atoms with Gasteiger partial charge in [-0.3, -0.25) is 9.18 Å². The van der Waals surface area contributed by atoms with Crippen molar-refractivity contribution in [2.24, 2.45) is 0 Å². The zero-order valence-electron chi connectivity index (χ0n) is 24.4. The van der Waals surface area contributed by atoms with Crippen LogP contribution in [0.2, 0.25) is 0 Å². The van der Waals surface area contributed by atoms with Crippen molar-refractivity contribution in [1.82, 2.24) is 0 Å². The minimum atomic E-state index is -0.399. The van der Waals surface area contributed by atoms with Crippen LogP contribution < -0.4 is 20.1 Å². The largest absolute Gasteiger partial charge is 0.494 e. The van der Waals surface area contributed by atoms with Gasteiger partial charge in [0, 0.05) is 30.8 Å². The maximum absolute atomic E-state index is 13.1. The summed E-state index contributed by atoms with van der Waals surface area (Å²) >= 11 is 0. The van der Waals surface area contributed by atoms with E-state index in [-0.39, 0.29) is 11.2 Å². The Bertz CT molecular complexity index is 1240. The van der Waals surface area contributed by atoms with E-state index in [1.807, 2.05) is 19.9 Å². The van der Waals surface area contributed by atoms with Gasteiger partial charge in [0.25, 0.3) is 5.91 Å². The van der Waals surface area contributed by atoms with E-state index in [4.69, 9.17) is 13.9 Å². The lowest BCUT2D eigenvalue weighted by molar-refractivity contribution is 0.0994. The minimum absolute atomic E-state index is 0.167. The molecule has 1 aromatic heterocycles. The number of aryl methyl sites for hydroxylation is 2. The highest BCUT2D eigenvalue weighted by atomic mass is 19.1. The maximum atomic E-state index is 13.1. The van der Waals surface area contributed by atoms with Crippen LogP contribution in [-0.4, -0.2) is 33.3 Å². The number of hydrogen-bond donors (Lipinski definition) is 2. The maximum Gasteiger partial charge on any atom is 0.291 e. The number of carbonyl (C=O) groups is 1. The number of alkyl halides is 1. The van der Waals surface area contributed by atoms with Gasteiger partial charge in [-0.25, -0.2) is 0 Å². The molecule has 0 spiro atoms. The lowest BCUT2D eigenvalue weighted by atomic mass is 9.71. The van der Waals surface area contributed by atoms with Crippen LogP contribution in [0, 0.1) is 6.92 Å². The van der Waals surface area contributed by atoms with Crippen molar-refractivity contribution in [1.29, 1.82) is 0 Å². The van der Waals surface area contributed by atoms with Crippen molar-refractivity contribution in [2.75, 3.05) is 38.1 Å². The molecule has 0 fully saturated rings. The fraction of sp³-hybridized carbons (Fsp3) is 0.469. The second kappa shape index (κ2) is 13.5. The van der Waals surface area contributed by atoms with Gasteiger partial charge in [-0.05, 0) is 72.4 Å². The van der Waals surface area contributed by atoms with Crippen LogP contribution in [0.3, 0.4) is 0 Å². The van der Waals surface area contributed by atoms with Crippen LogP contribution in [0.1, 0.15) is 85.5 Å². The Morgan fingerprint density at radius 2 is 1.77 bits per heavy atom. The second-order valence-electron chi connectivity index (χ2n) is 10.3. The molecule has 6 nitrogen and oxygen atoms in total. The predicted molar refractivity (Wildman–Crippen MR) is 157 cm³/mol. The van der Waals surface area contributed by atoms with Crippen molar-refractivity contribution in [2.45, 2.75) is 72.1 Å². The van der Waals surface area contributed by atoms with Gasteiger partial charge in [-0.15, -0.1) is 0 Å². The molecule has 0 unspecified atom stereocenters. The monoisotopic (exact) mass is 538 g/mol. The van der Waals surface area contributed by atoms with E-state index in [0.717, 1.165) is 12.2 Å². The number of amides is 1. The average molecular weight is 539 g/mol. The minimum Gasteiger partial charge on any atom is -0.494 e. The van der Waals surface area contributed by atoms with E-state index in [1.54, 1.807) is 18.2 Å². The number of halogens is 1. The molecule has 2 N–H and O–H groups in total. The zero-order valence-corrected chi connectivity index (χ0v) is 24.4. The van der Waals surface area contributed by atoms with Crippen molar-refractivity contribution >= 4 is 17.3 Å². The quantitative estimate of drug-likeness (QED) is 0.257. The molecule has 1 heterocycles. The molecule has 1 aliphatic carbocycles. The number of hydrogen-bond acceptors (Lipinski definition) is 5. The molecule has 1 aliphatic rings. The van der Waals surface area contributed by atoms with Crippen LogP contribution >= 0.6 is 0 Å². The van der Waals surface area contributed by atoms with Gasteiger partial charge in [-0.2, -0.15) is 0 Å². The summed E-state index contributed by atoms with van der Waals surface area (Å²) in [5.74, 6) is 1.39. The molecule has 0 bridgehead atoms. The Kier molecular flexibility index (Phi) is 10.4. The van der Waals surface area contributed by atoms with Gasteiger partial charge in [-0.1, -0.05) is 39.8 Å². The summed E-state index contributed by atoms with van der Waals surface area (Å²) in [6.07, 6.45) is 4.56. The first-order valence-corrected chi connectivity index (χ1v) is 13.8. The molecule has 0 saturated heterocycles. The van der Waals surface area contributed by atoms with Gasteiger partial charge in [0.1, 0.15) is 22.9 Å². The summed E-state index contributed by atoms with van der Waals surface area (Å²) in [6.45, 7) is 10.8. The predicted octanol–water partition coefficient (Wildman–Crippen LogP) is 7.86. The van der Waals surface area contributed by atoms with E-state index in [1.165, 1.54) is 49.3 Å². The molecule has 0 aliphatic heterocycles. The number of fused-ring (bicyclic) bond motifs is 1. The van der Waals surface area contributed by atoms with E-state index >= 15 is 0 Å². The number of ether oxygens (including phenoxy) is 2. The van der Waals surface area contributed by atoms with Crippen LogP contribution in [0.4, 0.5) is 15.8 Å². The van der Waals surface area contributed by atoms with E-state index in [9.17, 15) is 9.18 Å². The normalized spacial score (nSPS) is 13.5. The first-order valence-electron chi connectivity index (χ1n) is 13.8. The molecular weight excluding hydrogens is 495 g/mol. The number of benzene rings is 2. The summed E-state index contributed by atoms with van der Waals surface area (Å²) in [6, 6.07) is 11.7. The second-order valence-corrected chi connectivity index (χ2v) is 10.3. The van der Waals surface area contributed by atoms with E-state index in [0.29, 0.717) is 42.3 Å². The van der Waals surface area contributed by atoms with E-state index < -0.39 is 12.6 Å². The molecule has 0 saturated carbocycles. The highest BCUT2D eigenvalue weighted by Crippen LogP contribution is 2.39. The summed E-state index contributed by atoms with van der Waals surface area (Å²) in [4.78, 5) is 13.1. The third kappa shape index (κ3) is 7.14. The third-order valence-electron chi connectivity index (χ3n) is 7.17. The Morgan fingerprint density at radius 3 is 2.41 bits per heavy atom. The highest BCUT2D eigenvalue weighted by molar-refractivity contribution is 6.04. The SMILES string of the molecule is CC.COc1cc(NCCCF)cc(OC)c1NC(=O)c1ccc(Cc2cc3c(cc2C)CCCC3(C)C)o1. The molecule has 39 heavy (non-hydrogen) atoms. The zero-order chi connectivity index (χ0) is 28.6. The Morgan fingerprint density at radius 1 is 1.08 bits per heavy atom. The van der Waals surface area contributed by atoms with Crippen LogP contribution in [-0.2, 0) is 18.3 Å². The van der Waals surface area contributed by atoms with Gasteiger partial charge >= 0.3 is 0 Å². The van der Waals surface area contributed by atoms with Crippen LogP contribution in [0.5, 0.6) is 11.5 Å². The Hall–Kier alpha value is -3.48. The average Bonchev–Trinajstić information content (AvgIpc) is 3.40. The summed E-state index contributed by atoms with van der Waals surface area (Å²) in [5, 5.41) is 5.99. The first-order chi connectivity index (χ1) is 18.7. The molecule has 0 atom stereocenters. The number of furan rings is 1. The summed E-state index contributed by atoms with van der Waals surface area (Å²) in [5.41, 5.74) is 6.61. The molecule has 1 amide bonds. The highest BCUT2D eigenvalue weighted by Gasteiger charge is 2.28. The number of methoxy groups -OCH3 is 2. The lowest BCUT2D eigenvalue weighted by Crippen LogP contribution is -2.24. The van der Waals surface area contributed by atoms with Crippen molar-refractivity contribution < 1.29 is 23.1 Å². The summed E-state index contributed by atoms with van der Waals surface area (Å²) < 4.78 is 29.4. The van der Waals surface area contributed by atoms with Gasteiger partial charge in [0.05, 0.1) is 20.9 Å². The van der Waals surface area contributed by atoms with E-state index in [2.05, 4.69) is 43.5 Å². The van der Waals surface area contributed by atoms with Crippen molar-refractivity contribution in [3.05, 3.63) is 70.2 Å². The molecule has 4 rings (SSSR count). The van der Waals surface area contributed by atoms with Gasteiger partial charge in [0.15, 0.2) is 5.76 Å². The molecule has 0 radical (unpaired) electrons. The fourth-order valence-electron chi connectivity index (χ4n) is 5.09. The third-order valence-corrected chi connectivity index (χ3v) is 7.17. The van der Waals surface area contributed by atoms with Crippen LogP contribution in [0.15, 0.2) is 40.8 Å². The van der Waals surface area contributed by atoms with Gasteiger partial charge < -0.3 is 24.5 Å². The molecule has 7 heteroatoms. The number of anilines is 2. The topological polar surface area (TPSA) is 72.7 Å². The van der Waals surface area contributed by atoms with Crippen molar-refractivity contribution in [3.8, 4) is 11.5 Å². The fourth-order valence-corrected chi connectivity index (χ4v) is 5.09. The lowest BCUT2D eigenvalue weighted by Gasteiger charge is -2.33. The molecule has 2 aromatic carbocycles. The number of rotatable bonds is 10. The summed E-state index contributed by atoms with van der Waals surface area (Å²) in [7, 11) is 3.03. The van der Waals surface area contributed by atoms with Crippen LogP contribution in [0.25, 0.3) is 0 Å². The molecular formula is C32H43FN2O4. The molecule has 3 aromatic rings. The number of carbonyl (C=O) groups excluding carboxylic acids is 1. The first kappa shape index (κ1) is 30.1.